The van der Waals surface area contributed by atoms with Gasteiger partial charge in [0.1, 0.15) is 17.8 Å². The van der Waals surface area contributed by atoms with Crippen LogP contribution in [0.15, 0.2) is 60.2 Å². The highest BCUT2D eigenvalue weighted by atomic mass is 16.6. The third kappa shape index (κ3) is 8.77. The number of carbonyl (C=O) groups is 2. The van der Waals surface area contributed by atoms with Gasteiger partial charge in [-0.25, -0.2) is 0 Å². The van der Waals surface area contributed by atoms with Crippen LogP contribution in [0.1, 0.15) is 65.4 Å². The van der Waals surface area contributed by atoms with Crippen LogP contribution >= 0.6 is 0 Å². The second-order valence-corrected chi connectivity index (χ2v) is 12.0. The van der Waals surface area contributed by atoms with Crippen molar-refractivity contribution in [2.75, 3.05) is 12.3 Å². The normalized spacial score (nSPS) is 33.3. The number of nitrogens with one attached hydrogen (secondary N) is 2. The minimum Gasteiger partial charge on any atom is -0.399 e. The summed E-state index contributed by atoms with van der Waals surface area (Å²) in [5, 5.41) is 17.0. The van der Waals surface area contributed by atoms with Gasteiger partial charge in [-0.1, -0.05) is 55.9 Å². The van der Waals surface area contributed by atoms with E-state index in [-0.39, 0.29) is 48.5 Å². The molecule has 3 fully saturated rings. The van der Waals surface area contributed by atoms with Gasteiger partial charge in [-0.15, -0.1) is 0 Å². The minimum absolute atomic E-state index is 0.00938. The molecule has 1 aromatic carbocycles. The molecular formula is C33H47N3O6. The highest BCUT2D eigenvalue weighted by molar-refractivity contribution is 5.87. The second kappa shape index (κ2) is 14.5. The standard InChI is InChI=1S/C33H47N3O6/c1-5-6-7-30(37)36-27-16-22(3)28(41-23(27)4)14-8-21(2)9-15-29-32(39)33(20-40-33)18-26(42-29)17-31(38)35-19-24-10-12-25(34)13-11-24/h6-13,15,22-23,26-29,32,39H,5,14,16-20,34H2,1-4H3,(H,35,38)(H,36,37)/b7-6-,15-9+,21-8+/t22-,23+,26+,27+,28-,29+,32+,33+/m0/s1. The van der Waals surface area contributed by atoms with Gasteiger partial charge in [0.25, 0.3) is 0 Å². The van der Waals surface area contributed by atoms with Gasteiger partial charge in [0.2, 0.25) is 11.8 Å². The zero-order chi connectivity index (χ0) is 30.3. The molecule has 0 bridgehead atoms. The predicted molar refractivity (Wildman–Crippen MR) is 162 cm³/mol. The van der Waals surface area contributed by atoms with Crippen molar-refractivity contribution in [2.24, 2.45) is 5.92 Å². The van der Waals surface area contributed by atoms with E-state index < -0.39 is 17.8 Å². The molecule has 0 radical (unpaired) electrons. The molecule has 3 aliphatic heterocycles. The largest absolute Gasteiger partial charge is 0.399 e. The minimum atomic E-state index is -0.794. The average Bonchev–Trinajstić information content (AvgIpc) is 3.73. The van der Waals surface area contributed by atoms with Gasteiger partial charge in [-0.05, 0) is 62.8 Å². The summed E-state index contributed by atoms with van der Waals surface area (Å²) in [6, 6.07) is 7.38. The van der Waals surface area contributed by atoms with E-state index in [1.165, 1.54) is 0 Å². The van der Waals surface area contributed by atoms with E-state index in [1.807, 2.05) is 63.3 Å². The summed E-state index contributed by atoms with van der Waals surface area (Å²) >= 11 is 0. The van der Waals surface area contributed by atoms with Crippen molar-refractivity contribution in [1.82, 2.24) is 10.6 Å². The maximum Gasteiger partial charge on any atom is 0.243 e. The Morgan fingerprint density at radius 1 is 1.17 bits per heavy atom. The van der Waals surface area contributed by atoms with Gasteiger partial charge < -0.3 is 35.7 Å². The maximum atomic E-state index is 12.7. The van der Waals surface area contributed by atoms with Crippen LogP contribution in [0.2, 0.25) is 0 Å². The Balaban J connectivity index is 1.27. The number of aliphatic hydroxyl groups excluding tert-OH is 1. The number of hydrogen-bond acceptors (Lipinski definition) is 7. The summed E-state index contributed by atoms with van der Waals surface area (Å²) in [5.41, 5.74) is 7.77. The number of carbonyl (C=O) groups excluding carboxylic acids is 2. The Bertz CT molecular complexity index is 1160. The molecule has 8 atom stereocenters. The third-order valence-electron chi connectivity index (χ3n) is 8.44. The number of amides is 2. The molecule has 1 spiro atoms. The third-order valence-corrected chi connectivity index (χ3v) is 8.44. The van der Waals surface area contributed by atoms with Crippen molar-refractivity contribution >= 4 is 17.5 Å². The molecule has 9 heteroatoms. The van der Waals surface area contributed by atoms with Crippen LogP contribution in [0.4, 0.5) is 5.69 Å². The van der Waals surface area contributed by atoms with E-state index in [4.69, 9.17) is 19.9 Å². The fourth-order valence-electron chi connectivity index (χ4n) is 5.70. The first-order valence-electron chi connectivity index (χ1n) is 15.1. The summed E-state index contributed by atoms with van der Waals surface area (Å²) in [6.45, 7) is 9.05. The van der Waals surface area contributed by atoms with E-state index in [0.717, 1.165) is 30.4 Å². The molecular weight excluding hydrogens is 534 g/mol. The van der Waals surface area contributed by atoms with Crippen molar-refractivity contribution in [1.29, 1.82) is 0 Å². The lowest BCUT2D eigenvalue weighted by molar-refractivity contribution is -0.145. The number of ether oxygens (including phenoxy) is 3. The summed E-state index contributed by atoms with van der Waals surface area (Å²) in [5.74, 6) is 0.102. The predicted octanol–water partition coefficient (Wildman–Crippen LogP) is 3.72. The van der Waals surface area contributed by atoms with Gasteiger partial charge in [0.15, 0.2) is 0 Å². The summed E-state index contributed by atoms with van der Waals surface area (Å²) < 4.78 is 18.1. The highest BCUT2D eigenvalue weighted by Gasteiger charge is 2.58. The quantitative estimate of drug-likeness (QED) is 0.135. The lowest BCUT2D eigenvalue weighted by Crippen LogP contribution is -2.50. The van der Waals surface area contributed by atoms with Gasteiger partial charge in [0.05, 0.1) is 37.4 Å². The monoisotopic (exact) mass is 581 g/mol. The highest BCUT2D eigenvalue weighted by Crippen LogP contribution is 2.43. The molecule has 0 saturated carbocycles. The van der Waals surface area contributed by atoms with E-state index in [1.54, 1.807) is 6.08 Å². The number of benzene rings is 1. The van der Waals surface area contributed by atoms with Crippen LogP contribution in [-0.2, 0) is 30.3 Å². The van der Waals surface area contributed by atoms with Gasteiger partial charge in [-0.2, -0.15) is 0 Å². The SMILES string of the molecule is CC/C=C\C(=O)N[C@@H]1C[C@H](C)[C@H](C/C=C(C)/C=C/[C@H]2O[C@H](CC(=O)NCc3ccc(N)cc3)C[C@@]3(CO3)[C@@H]2O)O[C@@H]1C. The van der Waals surface area contributed by atoms with Gasteiger partial charge in [0, 0.05) is 18.7 Å². The number of aliphatic hydroxyl groups is 1. The van der Waals surface area contributed by atoms with Crippen LogP contribution in [0.5, 0.6) is 0 Å². The molecule has 3 heterocycles. The molecule has 0 aliphatic carbocycles. The number of allylic oxidation sites excluding steroid dienone is 3. The van der Waals surface area contributed by atoms with Gasteiger partial charge >= 0.3 is 0 Å². The Morgan fingerprint density at radius 2 is 1.90 bits per heavy atom. The van der Waals surface area contributed by atoms with E-state index >= 15 is 0 Å². The molecule has 0 aromatic heterocycles. The van der Waals surface area contributed by atoms with Crippen molar-refractivity contribution in [2.45, 2.75) is 109 Å². The van der Waals surface area contributed by atoms with Crippen LogP contribution < -0.4 is 16.4 Å². The topological polar surface area (TPSA) is 135 Å². The number of anilines is 1. The van der Waals surface area contributed by atoms with Gasteiger partial charge in [-0.3, -0.25) is 9.59 Å². The molecule has 3 aliphatic rings. The lowest BCUT2D eigenvalue weighted by atomic mass is 9.87. The first-order valence-corrected chi connectivity index (χ1v) is 15.1. The Labute approximate surface area is 249 Å². The molecule has 1 aromatic rings. The summed E-state index contributed by atoms with van der Waals surface area (Å²) in [4.78, 5) is 24.8. The smallest absolute Gasteiger partial charge is 0.243 e. The zero-order valence-electron chi connectivity index (χ0n) is 25.3. The van der Waals surface area contributed by atoms with E-state index in [2.05, 4.69) is 23.6 Å². The number of epoxide rings is 1. The van der Waals surface area contributed by atoms with Crippen molar-refractivity contribution in [3.8, 4) is 0 Å². The van der Waals surface area contributed by atoms with Crippen LogP contribution in [0.25, 0.3) is 0 Å². The Morgan fingerprint density at radius 3 is 2.60 bits per heavy atom. The Kier molecular flexibility index (Phi) is 11.0. The fourth-order valence-corrected chi connectivity index (χ4v) is 5.70. The molecule has 2 amide bonds. The molecule has 4 rings (SSSR count). The fraction of sp³-hybridized carbons (Fsp3) is 0.576. The van der Waals surface area contributed by atoms with Crippen LogP contribution in [0.3, 0.4) is 0 Å². The molecule has 42 heavy (non-hydrogen) atoms. The summed E-state index contributed by atoms with van der Waals surface area (Å²) in [7, 11) is 0. The molecule has 9 nitrogen and oxygen atoms in total. The first-order chi connectivity index (χ1) is 20.1. The van der Waals surface area contributed by atoms with Crippen molar-refractivity contribution in [3.05, 3.63) is 65.8 Å². The second-order valence-electron chi connectivity index (χ2n) is 12.0. The van der Waals surface area contributed by atoms with E-state index in [0.29, 0.717) is 25.3 Å². The maximum absolute atomic E-state index is 12.7. The zero-order valence-corrected chi connectivity index (χ0v) is 25.3. The van der Waals surface area contributed by atoms with Crippen LogP contribution in [-0.4, -0.2) is 65.7 Å². The number of rotatable bonds is 11. The average molecular weight is 582 g/mol. The molecule has 230 valence electrons. The Hall–Kier alpha value is -2.98. The number of nitrogen functional groups attached to an aromatic ring is 1. The van der Waals surface area contributed by atoms with Crippen molar-refractivity contribution < 1.29 is 28.9 Å². The lowest BCUT2D eigenvalue weighted by Gasteiger charge is -2.39. The summed E-state index contributed by atoms with van der Waals surface area (Å²) in [6.07, 6.45) is 10.8. The van der Waals surface area contributed by atoms with Crippen molar-refractivity contribution in [3.63, 3.8) is 0 Å². The molecule has 5 N–H and O–H groups in total. The number of hydrogen-bond donors (Lipinski definition) is 4. The molecule has 3 saturated heterocycles. The van der Waals surface area contributed by atoms with E-state index in [9.17, 15) is 14.7 Å². The number of nitrogens with two attached hydrogens (primary N) is 1. The first kappa shape index (κ1) is 31.9. The molecule has 0 unspecified atom stereocenters. The van der Waals surface area contributed by atoms with Crippen LogP contribution in [0, 0.1) is 5.92 Å².